The largest absolute Gasteiger partial charge is 0.390 e. The molecule has 1 saturated carbocycles. The van der Waals surface area contributed by atoms with Crippen molar-refractivity contribution in [2.45, 2.75) is 52.1 Å². The third-order valence-corrected chi connectivity index (χ3v) is 3.57. The average Bonchev–Trinajstić information content (AvgIpc) is 2.76. The number of nitrogens with zero attached hydrogens (tertiary/aromatic N) is 2. The van der Waals surface area contributed by atoms with Crippen LogP contribution < -0.4 is 0 Å². The molecule has 1 aromatic rings. The molecule has 0 bridgehead atoms. The van der Waals surface area contributed by atoms with Gasteiger partial charge >= 0.3 is 0 Å². The van der Waals surface area contributed by atoms with Gasteiger partial charge in [0.05, 0.1) is 12.3 Å². The Labute approximate surface area is 96.9 Å². The summed E-state index contributed by atoms with van der Waals surface area (Å²) in [5.41, 5.74) is 1.72. The zero-order chi connectivity index (χ0) is 11.5. The van der Waals surface area contributed by atoms with Gasteiger partial charge in [0.15, 0.2) is 0 Å². The molecule has 1 aromatic heterocycles. The molecule has 88 valence electrons. The van der Waals surface area contributed by atoms with E-state index in [0.717, 1.165) is 23.1 Å². The molecule has 2 atom stereocenters. The van der Waals surface area contributed by atoms with E-state index < -0.39 is 0 Å². The Hall–Kier alpha value is -0.960. The van der Waals surface area contributed by atoms with E-state index in [9.17, 15) is 0 Å². The zero-order valence-corrected chi connectivity index (χ0v) is 10.1. The topological polar surface area (TPSA) is 46.0 Å². The molecule has 0 aliphatic heterocycles. The summed E-state index contributed by atoms with van der Waals surface area (Å²) in [5, 5.41) is 9.14. The van der Waals surface area contributed by atoms with E-state index in [1.807, 2.05) is 13.0 Å². The number of aliphatic hydroxyl groups is 1. The molecule has 1 heterocycles. The molecule has 1 N–H and O–H groups in total. The predicted molar refractivity (Wildman–Crippen MR) is 63.1 cm³/mol. The summed E-state index contributed by atoms with van der Waals surface area (Å²) in [5.74, 6) is 2.29. The van der Waals surface area contributed by atoms with Crippen molar-refractivity contribution in [1.82, 2.24) is 9.97 Å². The van der Waals surface area contributed by atoms with Gasteiger partial charge in [-0.05, 0) is 38.2 Å². The van der Waals surface area contributed by atoms with E-state index in [2.05, 4.69) is 16.9 Å². The summed E-state index contributed by atoms with van der Waals surface area (Å²) < 4.78 is 0. The van der Waals surface area contributed by atoms with Gasteiger partial charge in [0, 0.05) is 11.6 Å². The Balaban J connectivity index is 2.17. The normalized spacial score (nSPS) is 24.9. The monoisotopic (exact) mass is 220 g/mol. The fourth-order valence-corrected chi connectivity index (χ4v) is 2.60. The summed E-state index contributed by atoms with van der Waals surface area (Å²) >= 11 is 0. The van der Waals surface area contributed by atoms with Crippen LogP contribution in [0.2, 0.25) is 0 Å². The Morgan fingerprint density at radius 3 is 2.81 bits per heavy atom. The van der Waals surface area contributed by atoms with Gasteiger partial charge < -0.3 is 5.11 Å². The molecule has 1 aliphatic rings. The van der Waals surface area contributed by atoms with Gasteiger partial charge in [-0.15, -0.1) is 0 Å². The van der Waals surface area contributed by atoms with E-state index >= 15 is 0 Å². The van der Waals surface area contributed by atoms with Crippen molar-refractivity contribution in [3.8, 4) is 0 Å². The fourth-order valence-electron chi connectivity index (χ4n) is 2.60. The molecule has 3 nitrogen and oxygen atoms in total. The lowest BCUT2D eigenvalue weighted by molar-refractivity contribution is 0.275. The van der Waals surface area contributed by atoms with Crippen LogP contribution in [0.4, 0.5) is 0 Å². The molecule has 2 rings (SSSR count). The van der Waals surface area contributed by atoms with Crippen LogP contribution in [0.25, 0.3) is 0 Å². The van der Waals surface area contributed by atoms with E-state index in [1.165, 1.54) is 25.7 Å². The third kappa shape index (κ3) is 2.40. The summed E-state index contributed by atoms with van der Waals surface area (Å²) in [6, 6.07) is 1.86. The van der Waals surface area contributed by atoms with Crippen molar-refractivity contribution < 1.29 is 5.11 Å². The first-order valence-electron chi connectivity index (χ1n) is 6.18. The lowest BCUT2D eigenvalue weighted by Crippen LogP contribution is -2.05. The molecule has 0 saturated heterocycles. The van der Waals surface area contributed by atoms with E-state index in [4.69, 9.17) is 5.11 Å². The Morgan fingerprint density at radius 2 is 2.19 bits per heavy atom. The van der Waals surface area contributed by atoms with Crippen molar-refractivity contribution in [2.24, 2.45) is 5.92 Å². The van der Waals surface area contributed by atoms with Gasteiger partial charge in [-0.1, -0.05) is 13.3 Å². The van der Waals surface area contributed by atoms with Crippen molar-refractivity contribution in [2.75, 3.05) is 0 Å². The van der Waals surface area contributed by atoms with Crippen molar-refractivity contribution in [1.29, 1.82) is 0 Å². The molecule has 3 heteroatoms. The molecule has 1 aliphatic carbocycles. The van der Waals surface area contributed by atoms with Crippen LogP contribution in [0.15, 0.2) is 6.07 Å². The molecule has 0 radical (unpaired) electrons. The van der Waals surface area contributed by atoms with E-state index in [0.29, 0.717) is 5.92 Å². The van der Waals surface area contributed by atoms with Gasteiger partial charge in [-0.25, -0.2) is 9.97 Å². The fraction of sp³-hybridized carbons (Fsp3) is 0.692. The summed E-state index contributed by atoms with van der Waals surface area (Å²) in [7, 11) is 0. The number of aliphatic hydroxyl groups excluding tert-OH is 1. The predicted octanol–water partition coefficient (Wildman–Crippen LogP) is 2.57. The molecule has 0 aromatic carbocycles. The highest BCUT2D eigenvalue weighted by molar-refractivity contribution is 5.12. The molecule has 0 spiro atoms. The maximum Gasteiger partial charge on any atom is 0.132 e. The number of aryl methyl sites for hydroxylation is 1. The number of hydrogen-bond acceptors (Lipinski definition) is 3. The second-order valence-corrected chi connectivity index (χ2v) is 4.80. The van der Waals surface area contributed by atoms with Crippen molar-refractivity contribution in [3.63, 3.8) is 0 Å². The number of hydrogen-bond donors (Lipinski definition) is 1. The van der Waals surface area contributed by atoms with Crippen LogP contribution in [0.1, 0.15) is 55.7 Å². The highest BCUT2D eigenvalue weighted by atomic mass is 16.3. The number of aromatic nitrogens is 2. The zero-order valence-electron chi connectivity index (χ0n) is 10.1. The summed E-state index contributed by atoms with van der Waals surface area (Å²) in [6.07, 6.45) is 4.97. The van der Waals surface area contributed by atoms with Crippen LogP contribution in [-0.2, 0) is 6.61 Å². The molecule has 16 heavy (non-hydrogen) atoms. The summed E-state index contributed by atoms with van der Waals surface area (Å²) in [4.78, 5) is 8.95. The summed E-state index contributed by atoms with van der Waals surface area (Å²) in [6.45, 7) is 4.24. The van der Waals surface area contributed by atoms with E-state index in [-0.39, 0.29) is 6.61 Å². The highest BCUT2D eigenvalue weighted by Crippen LogP contribution is 2.38. The minimum absolute atomic E-state index is 0.0142. The molecular weight excluding hydrogens is 200 g/mol. The second kappa shape index (κ2) is 4.91. The van der Waals surface area contributed by atoms with Crippen LogP contribution in [0, 0.1) is 12.8 Å². The van der Waals surface area contributed by atoms with Crippen LogP contribution >= 0.6 is 0 Å². The van der Waals surface area contributed by atoms with Gasteiger partial charge in [0.1, 0.15) is 5.82 Å². The molecule has 0 amide bonds. The van der Waals surface area contributed by atoms with Gasteiger partial charge in [0.2, 0.25) is 0 Å². The van der Waals surface area contributed by atoms with E-state index in [1.54, 1.807) is 0 Å². The van der Waals surface area contributed by atoms with Crippen molar-refractivity contribution in [3.05, 3.63) is 23.3 Å². The third-order valence-electron chi connectivity index (χ3n) is 3.57. The van der Waals surface area contributed by atoms with Crippen LogP contribution in [0.5, 0.6) is 0 Å². The Kier molecular flexibility index (Phi) is 3.54. The first-order chi connectivity index (χ1) is 7.72. The van der Waals surface area contributed by atoms with Gasteiger partial charge in [-0.2, -0.15) is 0 Å². The van der Waals surface area contributed by atoms with Crippen LogP contribution in [-0.4, -0.2) is 15.1 Å². The first kappa shape index (κ1) is 11.5. The van der Waals surface area contributed by atoms with Crippen molar-refractivity contribution >= 4 is 0 Å². The molecular formula is C13H20N2O. The van der Waals surface area contributed by atoms with Gasteiger partial charge in [-0.3, -0.25) is 0 Å². The van der Waals surface area contributed by atoms with Crippen LogP contribution in [0.3, 0.4) is 0 Å². The average molecular weight is 220 g/mol. The first-order valence-corrected chi connectivity index (χ1v) is 6.18. The van der Waals surface area contributed by atoms with Gasteiger partial charge in [0.25, 0.3) is 0 Å². The lowest BCUT2D eigenvalue weighted by atomic mass is 10.0. The SMILES string of the molecule is CCC1CCC(c2nc(C)cc(CO)n2)C1. The lowest BCUT2D eigenvalue weighted by Gasteiger charge is -2.10. The second-order valence-electron chi connectivity index (χ2n) is 4.80. The minimum Gasteiger partial charge on any atom is -0.390 e. The smallest absolute Gasteiger partial charge is 0.132 e. The quantitative estimate of drug-likeness (QED) is 0.851. The molecule has 1 fully saturated rings. The Morgan fingerprint density at radius 1 is 1.38 bits per heavy atom. The molecule has 2 unspecified atom stereocenters. The number of rotatable bonds is 3. The highest BCUT2D eigenvalue weighted by Gasteiger charge is 2.26. The minimum atomic E-state index is 0.0142. The maximum atomic E-state index is 9.14. The maximum absolute atomic E-state index is 9.14. The standard InChI is InChI=1S/C13H20N2O/c1-3-10-4-5-11(7-10)13-14-9(2)6-12(8-16)15-13/h6,10-11,16H,3-5,7-8H2,1-2H3. The Bertz CT molecular complexity index is 365.